The van der Waals surface area contributed by atoms with Crippen LogP contribution in [0.1, 0.15) is 45.6 Å². The first kappa shape index (κ1) is 13.9. The monoisotopic (exact) mass is 260 g/mol. The van der Waals surface area contributed by atoms with Crippen LogP contribution in [0.3, 0.4) is 0 Å². The maximum atomic E-state index is 5.43. The topological polar surface area (TPSA) is 24.8 Å². The number of rotatable bonds is 4. The van der Waals surface area contributed by atoms with E-state index in [9.17, 15) is 0 Å². The molecule has 1 aromatic carbocycles. The van der Waals surface area contributed by atoms with Gasteiger partial charge in [-0.2, -0.15) is 5.10 Å². The van der Waals surface area contributed by atoms with Crippen LogP contribution in [0, 0.1) is 0 Å². The van der Waals surface area contributed by atoms with Crippen molar-refractivity contribution in [1.29, 1.82) is 0 Å². The van der Waals surface area contributed by atoms with E-state index < -0.39 is 0 Å². The minimum atomic E-state index is 0.544. The molecule has 104 valence electrons. The van der Waals surface area contributed by atoms with E-state index >= 15 is 0 Å². The number of hydrogen-bond donors (Lipinski definition) is 0. The van der Waals surface area contributed by atoms with E-state index in [4.69, 9.17) is 4.74 Å². The summed E-state index contributed by atoms with van der Waals surface area (Å²) < 4.78 is 5.43. The fourth-order valence-electron chi connectivity index (χ4n) is 2.59. The molecular weight excluding hydrogens is 236 g/mol. The lowest BCUT2D eigenvalue weighted by Crippen LogP contribution is -2.39. The first-order chi connectivity index (χ1) is 9.20. The molecule has 3 heteroatoms. The molecule has 0 radical (unpaired) electrons. The lowest BCUT2D eigenvalue weighted by atomic mass is 10.00. The maximum absolute atomic E-state index is 5.43. The van der Waals surface area contributed by atoms with Gasteiger partial charge in [0.2, 0.25) is 0 Å². The van der Waals surface area contributed by atoms with Gasteiger partial charge in [0, 0.05) is 12.1 Å². The first-order valence-electron chi connectivity index (χ1n) is 7.26. The average Bonchev–Trinajstić information content (AvgIpc) is 2.40. The summed E-state index contributed by atoms with van der Waals surface area (Å²) in [6.45, 7) is 7.21. The highest BCUT2D eigenvalue weighted by molar-refractivity contribution is 5.79. The number of nitrogens with zero attached hydrogens (tertiary/aromatic N) is 2. The fourth-order valence-corrected chi connectivity index (χ4v) is 2.59. The molecule has 3 nitrogen and oxygen atoms in total. The van der Waals surface area contributed by atoms with Crippen LogP contribution in [0.4, 0.5) is 0 Å². The van der Waals surface area contributed by atoms with E-state index in [0.29, 0.717) is 18.7 Å². The van der Waals surface area contributed by atoms with Crippen molar-refractivity contribution in [2.75, 3.05) is 6.61 Å². The zero-order chi connectivity index (χ0) is 13.7. The predicted molar refractivity (Wildman–Crippen MR) is 79.8 cm³/mol. The Kier molecular flexibility index (Phi) is 4.83. The van der Waals surface area contributed by atoms with Crippen molar-refractivity contribution in [3.8, 4) is 5.75 Å². The SMILES string of the molecule is CCOc1ccc(/C=N/N2C(C)CCCC2C)cc1. The second-order valence-electron chi connectivity index (χ2n) is 5.26. The van der Waals surface area contributed by atoms with Gasteiger partial charge in [0.05, 0.1) is 12.8 Å². The Morgan fingerprint density at radius 2 is 1.84 bits per heavy atom. The van der Waals surface area contributed by atoms with Crippen LogP contribution < -0.4 is 4.74 Å². The Morgan fingerprint density at radius 3 is 2.42 bits per heavy atom. The molecule has 19 heavy (non-hydrogen) atoms. The molecule has 1 saturated heterocycles. The first-order valence-corrected chi connectivity index (χ1v) is 7.26. The Hall–Kier alpha value is -1.51. The minimum absolute atomic E-state index is 0.544. The number of benzene rings is 1. The van der Waals surface area contributed by atoms with Gasteiger partial charge in [-0.25, -0.2) is 0 Å². The molecule has 0 aromatic heterocycles. The molecule has 0 amide bonds. The smallest absolute Gasteiger partial charge is 0.119 e. The summed E-state index contributed by atoms with van der Waals surface area (Å²) in [4.78, 5) is 0. The van der Waals surface area contributed by atoms with E-state index in [1.807, 2.05) is 37.4 Å². The number of hydrogen-bond acceptors (Lipinski definition) is 3. The van der Waals surface area contributed by atoms with Gasteiger partial charge in [-0.05, 0) is 69.9 Å². The summed E-state index contributed by atoms with van der Waals surface area (Å²) in [7, 11) is 0. The Morgan fingerprint density at radius 1 is 1.21 bits per heavy atom. The standard InChI is InChI=1S/C16H24N2O/c1-4-19-16-10-8-15(9-11-16)12-17-18-13(2)6-5-7-14(18)3/h8-14H,4-7H2,1-3H3/b17-12+. The van der Waals surface area contributed by atoms with Crippen molar-refractivity contribution >= 4 is 6.21 Å². The molecule has 0 N–H and O–H groups in total. The molecule has 0 spiro atoms. The van der Waals surface area contributed by atoms with Gasteiger partial charge in [0.1, 0.15) is 5.75 Å². The van der Waals surface area contributed by atoms with Crippen molar-refractivity contribution in [2.24, 2.45) is 5.10 Å². The summed E-state index contributed by atoms with van der Waals surface area (Å²) in [5.41, 5.74) is 1.12. The number of ether oxygens (including phenoxy) is 1. The summed E-state index contributed by atoms with van der Waals surface area (Å²) >= 11 is 0. The third-order valence-electron chi connectivity index (χ3n) is 3.68. The summed E-state index contributed by atoms with van der Waals surface area (Å²) in [6, 6.07) is 9.18. The van der Waals surface area contributed by atoms with Gasteiger partial charge in [0.25, 0.3) is 0 Å². The molecular formula is C16H24N2O. The largest absolute Gasteiger partial charge is 0.494 e. The lowest BCUT2D eigenvalue weighted by Gasteiger charge is -2.36. The van der Waals surface area contributed by atoms with E-state index in [2.05, 4.69) is 24.0 Å². The fraction of sp³-hybridized carbons (Fsp3) is 0.562. The van der Waals surface area contributed by atoms with Gasteiger partial charge in [-0.15, -0.1) is 0 Å². The molecule has 0 bridgehead atoms. The van der Waals surface area contributed by atoms with E-state index in [1.165, 1.54) is 19.3 Å². The van der Waals surface area contributed by atoms with Crippen LogP contribution in [0.25, 0.3) is 0 Å². The normalized spacial score (nSPS) is 23.8. The number of piperidine rings is 1. The third-order valence-corrected chi connectivity index (χ3v) is 3.68. The molecule has 2 rings (SSSR count). The van der Waals surface area contributed by atoms with E-state index in [1.54, 1.807) is 0 Å². The zero-order valence-corrected chi connectivity index (χ0v) is 12.2. The average molecular weight is 260 g/mol. The Labute approximate surface area is 116 Å². The second kappa shape index (κ2) is 6.60. The Bertz CT molecular complexity index is 403. The molecule has 0 saturated carbocycles. The quantitative estimate of drug-likeness (QED) is 0.771. The van der Waals surface area contributed by atoms with Crippen LogP contribution in [-0.2, 0) is 0 Å². The summed E-state index contributed by atoms with van der Waals surface area (Å²) in [5.74, 6) is 0.916. The lowest BCUT2D eigenvalue weighted by molar-refractivity contribution is 0.109. The van der Waals surface area contributed by atoms with Crippen molar-refractivity contribution in [3.63, 3.8) is 0 Å². The molecule has 1 aromatic rings. The molecule has 1 aliphatic rings. The van der Waals surface area contributed by atoms with E-state index in [-0.39, 0.29) is 0 Å². The van der Waals surface area contributed by atoms with Gasteiger partial charge < -0.3 is 4.74 Å². The van der Waals surface area contributed by atoms with E-state index in [0.717, 1.165) is 11.3 Å². The zero-order valence-electron chi connectivity index (χ0n) is 12.2. The Balaban J connectivity index is 2.00. The van der Waals surface area contributed by atoms with Crippen molar-refractivity contribution in [2.45, 2.75) is 52.1 Å². The van der Waals surface area contributed by atoms with Gasteiger partial charge in [-0.3, -0.25) is 5.01 Å². The summed E-state index contributed by atoms with van der Waals surface area (Å²) in [5, 5.41) is 6.89. The highest BCUT2D eigenvalue weighted by Gasteiger charge is 2.22. The molecule has 0 aliphatic carbocycles. The molecule has 1 fully saturated rings. The molecule has 2 atom stereocenters. The molecule has 1 aliphatic heterocycles. The number of hydrazone groups is 1. The minimum Gasteiger partial charge on any atom is -0.494 e. The van der Waals surface area contributed by atoms with Crippen LogP contribution in [-0.4, -0.2) is 29.9 Å². The van der Waals surface area contributed by atoms with Crippen LogP contribution in [0.5, 0.6) is 5.75 Å². The van der Waals surface area contributed by atoms with Crippen LogP contribution >= 0.6 is 0 Å². The predicted octanol–water partition coefficient (Wildman–Crippen LogP) is 3.68. The highest BCUT2D eigenvalue weighted by atomic mass is 16.5. The van der Waals surface area contributed by atoms with Crippen molar-refractivity contribution < 1.29 is 4.74 Å². The van der Waals surface area contributed by atoms with Crippen molar-refractivity contribution in [1.82, 2.24) is 5.01 Å². The van der Waals surface area contributed by atoms with Crippen LogP contribution in [0.15, 0.2) is 29.4 Å². The maximum Gasteiger partial charge on any atom is 0.119 e. The van der Waals surface area contributed by atoms with Gasteiger partial charge in [0.15, 0.2) is 0 Å². The molecule has 1 heterocycles. The highest BCUT2D eigenvalue weighted by Crippen LogP contribution is 2.22. The molecule has 2 unspecified atom stereocenters. The van der Waals surface area contributed by atoms with Crippen LogP contribution in [0.2, 0.25) is 0 Å². The summed E-state index contributed by atoms with van der Waals surface area (Å²) in [6.07, 6.45) is 5.75. The second-order valence-corrected chi connectivity index (χ2v) is 5.26. The van der Waals surface area contributed by atoms with Crippen molar-refractivity contribution in [3.05, 3.63) is 29.8 Å². The van der Waals surface area contributed by atoms with Gasteiger partial charge in [-0.1, -0.05) is 0 Å². The van der Waals surface area contributed by atoms with Gasteiger partial charge >= 0.3 is 0 Å². The third kappa shape index (κ3) is 3.72.